The Morgan fingerprint density at radius 3 is 2.29 bits per heavy atom. The molecule has 3 aromatic rings. The van der Waals surface area contributed by atoms with E-state index in [1.807, 2.05) is 48.5 Å². The van der Waals surface area contributed by atoms with Crippen LogP contribution in [-0.2, 0) is 0 Å². The number of aromatic hydroxyl groups is 1. The number of halogens is 1. The molecule has 4 heteroatoms. The van der Waals surface area contributed by atoms with Gasteiger partial charge in [0.2, 0.25) is 0 Å². The van der Waals surface area contributed by atoms with Crippen LogP contribution in [0, 0.1) is 0 Å². The third-order valence-corrected chi connectivity index (χ3v) is 4.84. The van der Waals surface area contributed by atoms with Crippen LogP contribution in [0.15, 0.2) is 72.8 Å². The molecule has 3 rings (SSSR count). The van der Waals surface area contributed by atoms with Gasteiger partial charge < -0.3 is 15.6 Å². The lowest BCUT2D eigenvalue weighted by molar-refractivity contribution is 0.328. The number of benzene rings is 3. The number of allylic oxidation sites excluding steroid dienone is 1. The number of hydrogen-bond donors (Lipinski definition) is 2. The van der Waals surface area contributed by atoms with Gasteiger partial charge in [0.1, 0.15) is 18.1 Å². The Hall–Kier alpha value is -2.75. The minimum absolute atomic E-state index is 0.149. The first kappa shape index (κ1) is 20.0. The van der Waals surface area contributed by atoms with Crippen molar-refractivity contribution >= 4 is 22.7 Å². The Labute approximate surface area is 171 Å². The van der Waals surface area contributed by atoms with Gasteiger partial charge in [-0.2, -0.15) is 0 Å². The monoisotopic (exact) mass is 393 g/mol. The van der Waals surface area contributed by atoms with Gasteiger partial charge in [-0.1, -0.05) is 61.0 Å². The highest BCUT2D eigenvalue weighted by Crippen LogP contribution is 2.38. The topological polar surface area (TPSA) is 55.5 Å². The maximum Gasteiger partial charge on any atom is 0.119 e. The van der Waals surface area contributed by atoms with Gasteiger partial charge in [-0.25, -0.2) is 0 Å². The SMILES string of the molecule is CC/C(=C(/c1ccc(OCCN)cc1)c1ccc(O)cc1Cl)c1ccccc1. The van der Waals surface area contributed by atoms with Crippen molar-refractivity contribution in [1.82, 2.24) is 0 Å². The molecule has 144 valence electrons. The standard InChI is InChI=1S/C24H24ClNO2/c1-2-21(17-6-4-3-5-7-17)24(22-13-10-19(27)16-23(22)25)18-8-11-20(12-9-18)28-15-14-26/h3-13,16,27H,2,14-15,26H2,1H3/b24-21+. The number of hydrogen-bond acceptors (Lipinski definition) is 3. The molecule has 0 spiro atoms. The Morgan fingerprint density at radius 1 is 0.964 bits per heavy atom. The highest BCUT2D eigenvalue weighted by molar-refractivity contribution is 6.33. The van der Waals surface area contributed by atoms with E-state index in [1.54, 1.807) is 12.1 Å². The second-order valence-corrected chi connectivity index (χ2v) is 6.81. The van der Waals surface area contributed by atoms with E-state index < -0.39 is 0 Å². The lowest BCUT2D eigenvalue weighted by Gasteiger charge is -2.18. The fourth-order valence-corrected chi connectivity index (χ4v) is 3.53. The first-order valence-corrected chi connectivity index (χ1v) is 9.72. The molecule has 0 saturated carbocycles. The average Bonchev–Trinajstić information content (AvgIpc) is 2.72. The molecule has 0 radical (unpaired) electrons. The van der Waals surface area contributed by atoms with Crippen LogP contribution in [0.1, 0.15) is 30.0 Å². The molecule has 0 aliphatic rings. The Balaban J connectivity index is 2.18. The molecule has 28 heavy (non-hydrogen) atoms. The second kappa shape index (κ2) is 9.45. The molecule has 0 atom stereocenters. The zero-order valence-electron chi connectivity index (χ0n) is 15.9. The smallest absolute Gasteiger partial charge is 0.119 e. The van der Waals surface area contributed by atoms with Crippen LogP contribution >= 0.6 is 11.6 Å². The number of nitrogens with two attached hydrogens (primary N) is 1. The van der Waals surface area contributed by atoms with Crippen molar-refractivity contribution in [2.45, 2.75) is 13.3 Å². The summed E-state index contributed by atoms with van der Waals surface area (Å²) in [5.74, 6) is 0.930. The normalized spacial score (nSPS) is 11.8. The van der Waals surface area contributed by atoms with Gasteiger partial charge in [0.25, 0.3) is 0 Å². The molecule has 0 unspecified atom stereocenters. The van der Waals surface area contributed by atoms with Crippen LogP contribution in [0.4, 0.5) is 0 Å². The summed E-state index contributed by atoms with van der Waals surface area (Å²) in [6, 6.07) is 23.3. The van der Waals surface area contributed by atoms with Gasteiger partial charge in [-0.15, -0.1) is 0 Å². The van der Waals surface area contributed by atoms with Gasteiger partial charge in [0, 0.05) is 12.1 Å². The zero-order chi connectivity index (χ0) is 19.9. The summed E-state index contributed by atoms with van der Waals surface area (Å²) in [5, 5.41) is 10.3. The van der Waals surface area contributed by atoms with Crippen molar-refractivity contribution in [3.8, 4) is 11.5 Å². The Morgan fingerprint density at radius 2 is 1.68 bits per heavy atom. The molecular weight excluding hydrogens is 370 g/mol. The summed E-state index contributed by atoms with van der Waals surface area (Å²) in [7, 11) is 0. The Bertz CT molecular complexity index is 950. The molecular formula is C24H24ClNO2. The highest BCUT2D eigenvalue weighted by atomic mass is 35.5. The molecule has 0 heterocycles. The van der Waals surface area contributed by atoms with Gasteiger partial charge in [-0.05, 0) is 59.0 Å². The molecule has 0 aromatic heterocycles. The summed E-state index contributed by atoms with van der Waals surface area (Å²) in [5.41, 5.74) is 10.8. The molecule has 0 bridgehead atoms. The number of ether oxygens (including phenoxy) is 1. The minimum atomic E-state index is 0.149. The molecule has 0 aliphatic carbocycles. The zero-order valence-corrected chi connectivity index (χ0v) is 16.6. The maximum atomic E-state index is 9.79. The molecule has 3 N–H and O–H groups in total. The van der Waals surface area contributed by atoms with E-state index in [2.05, 4.69) is 19.1 Å². The van der Waals surface area contributed by atoms with E-state index in [0.717, 1.165) is 34.4 Å². The van der Waals surface area contributed by atoms with Gasteiger partial charge >= 0.3 is 0 Å². The predicted octanol–water partition coefficient (Wildman–Crippen LogP) is 5.75. The predicted molar refractivity (Wildman–Crippen MR) is 117 cm³/mol. The first-order chi connectivity index (χ1) is 13.6. The number of rotatable bonds is 7. The van der Waals surface area contributed by atoms with E-state index in [-0.39, 0.29) is 5.75 Å². The van der Waals surface area contributed by atoms with Gasteiger partial charge in [0.15, 0.2) is 0 Å². The van der Waals surface area contributed by atoms with E-state index in [4.69, 9.17) is 22.1 Å². The van der Waals surface area contributed by atoms with Crippen molar-refractivity contribution < 1.29 is 9.84 Å². The van der Waals surface area contributed by atoms with Crippen molar-refractivity contribution in [3.63, 3.8) is 0 Å². The molecule has 3 aromatic carbocycles. The lowest BCUT2D eigenvalue weighted by Crippen LogP contribution is -2.10. The molecule has 0 aliphatic heterocycles. The van der Waals surface area contributed by atoms with E-state index >= 15 is 0 Å². The van der Waals surface area contributed by atoms with E-state index in [1.165, 1.54) is 5.57 Å². The number of phenols is 1. The van der Waals surface area contributed by atoms with Crippen molar-refractivity contribution in [3.05, 3.63) is 94.5 Å². The van der Waals surface area contributed by atoms with Crippen LogP contribution in [-0.4, -0.2) is 18.3 Å². The maximum absolute atomic E-state index is 9.79. The molecule has 0 saturated heterocycles. The van der Waals surface area contributed by atoms with Crippen molar-refractivity contribution in [2.24, 2.45) is 5.73 Å². The summed E-state index contributed by atoms with van der Waals surface area (Å²) in [4.78, 5) is 0. The molecule has 3 nitrogen and oxygen atoms in total. The highest BCUT2D eigenvalue weighted by Gasteiger charge is 2.16. The fraction of sp³-hybridized carbons (Fsp3) is 0.167. The fourth-order valence-electron chi connectivity index (χ4n) is 3.26. The van der Waals surface area contributed by atoms with Gasteiger partial charge in [0.05, 0.1) is 5.02 Å². The quantitative estimate of drug-likeness (QED) is 0.502. The first-order valence-electron chi connectivity index (χ1n) is 9.34. The third kappa shape index (κ3) is 4.56. The molecule has 0 fully saturated rings. The third-order valence-electron chi connectivity index (χ3n) is 4.53. The van der Waals surface area contributed by atoms with E-state index in [0.29, 0.717) is 18.2 Å². The van der Waals surface area contributed by atoms with Crippen LogP contribution in [0.3, 0.4) is 0 Å². The van der Waals surface area contributed by atoms with Crippen molar-refractivity contribution in [1.29, 1.82) is 0 Å². The minimum Gasteiger partial charge on any atom is -0.508 e. The summed E-state index contributed by atoms with van der Waals surface area (Å²) in [6.07, 6.45) is 0.835. The van der Waals surface area contributed by atoms with E-state index in [9.17, 15) is 5.11 Å². The lowest BCUT2D eigenvalue weighted by atomic mass is 9.88. The number of phenolic OH excluding ortho intramolecular Hbond substituents is 1. The van der Waals surface area contributed by atoms with Crippen molar-refractivity contribution in [2.75, 3.05) is 13.2 Å². The van der Waals surface area contributed by atoms with Crippen LogP contribution < -0.4 is 10.5 Å². The molecule has 0 amide bonds. The summed E-state index contributed by atoms with van der Waals surface area (Å²) in [6.45, 7) is 3.09. The Kier molecular flexibility index (Phi) is 6.75. The summed E-state index contributed by atoms with van der Waals surface area (Å²) >= 11 is 6.53. The average molecular weight is 394 g/mol. The van der Waals surface area contributed by atoms with Crippen LogP contribution in [0.25, 0.3) is 11.1 Å². The summed E-state index contributed by atoms with van der Waals surface area (Å²) < 4.78 is 5.61. The van der Waals surface area contributed by atoms with Crippen LogP contribution in [0.2, 0.25) is 5.02 Å². The van der Waals surface area contributed by atoms with Crippen LogP contribution in [0.5, 0.6) is 11.5 Å². The van der Waals surface area contributed by atoms with Gasteiger partial charge in [-0.3, -0.25) is 0 Å². The second-order valence-electron chi connectivity index (χ2n) is 6.40. The largest absolute Gasteiger partial charge is 0.508 e.